The molecule has 0 spiro atoms. The van der Waals surface area contributed by atoms with Gasteiger partial charge in [-0.1, -0.05) is 42.0 Å². The first-order chi connectivity index (χ1) is 10.7. The Kier molecular flexibility index (Phi) is 3.74. The Morgan fingerprint density at radius 3 is 2.50 bits per heavy atom. The Hall–Kier alpha value is -2.88. The van der Waals surface area contributed by atoms with Crippen molar-refractivity contribution in [1.29, 1.82) is 0 Å². The molecule has 0 amide bonds. The molecule has 1 heterocycles. The minimum absolute atomic E-state index is 0.294. The van der Waals surface area contributed by atoms with E-state index in [-0.39, 0.29) is 0 Å². The molecule has 0 saturated heterocycles. The SMILES string of the molecule is COC(=O)c1cc(-c2cccc(C)c2)n(-c2ccccc2)n1. The molecule has 0 N–H and O–H groups in total. The number of carbonyl (C=O) groups excluding carboxylic acids is 1. The van der Waals surface area contributed by atoms with E-state index in [1.807, 2.05) is 55.5 Å². The molecule has 0 unspecified atom stereocenters. The molecule has 4 heteroatoms. The van der Waals surface area contributed by atoms with Gasteiger partial charge >= 0.3 is 5.97 Å². The first-order valence-electron chi connectivity index (χ1n) is 7.00. The van der Waals surface area contributed by atoms with Gasteiger partial charge in [-0.25, -0.2) is 9.48 Å². The monoisotopic (exact) mass is 292 g/mol. The lowest BCUT2D eigenvalue weighted by Crippen LogP contribution is -2.04. The summed E-state index contributed by atoms with van der Waals surface area (Å²) in [5.41, 5.74) is 4.21. The Morgan fingerprint density at radius 1 is 1.05 bits per heavy atom. The quantitative estimate of drug-likeness (QED) is 0.692. The van der Waals surface area contributed by atoms with Crippen molar-refractivity contribution in [3.63, 3.8) is 0 Å². The summed E-state index contributed by atoms with van der Waals surface area (Å²) in [5.74, 6) is -0.441. The van der Waals surface area contributed by atoms with Crippen LogP contribution in [0, 0.1) is 6.92 Å². The molecule has 3 rings (SSSR count). The van der Waals surface area contributed by atoms with E-state index in [1.165, 1.54) is 7.11 Å². The van der Waals surface area contributed by atoms with Crippen molar-refractivity contribution in [2.24, 2.45) is 0 Å². The van der Waals surface area contributed by atoms with Crippen LogP contribution >= 0.6 is 0 Å². The molecule has 0 fully saturated rings. The zero-order valence-corrected chi connectivity index (χ0v) is 12.5. The van der Waals surface area contributed by atoms with Gasteiger partial charge in [-0.2, -0.15) is 5.10 Å². The molecule has 0 saturated carbocycles. The summed E-state index contributed by atoms with van der Waals surface area (Å²) in [6.45, 7) is 2.04. The fourth-order valence-corrected chi connectivity index (χ4v) is 2.36. The first-order valence-corrected chi connectivity index (χ1v) is 7.00. The van der Waals surface area contributed by atoms with Gasteiger partial charge in [0.2, 0.25) is 0 Å². The Labute approximate surface area is 129 Å². The van der Waals surface area contributed by atoms with Gasteiger partial charge < -0.3 is 4.74 Å². The minimum Gasteiger partial charge on any atom is -0.464 e. The van der Waals surface area contributed by atoms with E-state index in [0.717, 1.165) is 22.5 Å². The Balaban J connectivity index is 2.19. The van der Waals surface area contributed by atoms with Gasteiger partial charge in [0.05, 0.1) is 18.5 Å². The lowest BCUT2D eigenvalue weighted by atomic mass is 10.1. The number of benzene rings is 2. The number of ether oxygens (including phenoxy) is 1. The number of carbonyl (C=O) groups is 1. The molecule has 4 nitrogen and oxygen atoms in total. The van der Waals surface area contributed by atoms with Gasteiger partial charge in [0.15, 0.2) is 5.69 Å². The van der Waals surface area contributed by atoms with Crippen LogP contribution in [0.2, 0.25) is 0 Å². The van der Waals surface area contributed by atoms with Crippen LogP contribution in [0.15, 0.2) is 60.7 Å². The summed E-state index contributed by atoms with van der Waals surface area (Å²) >= 11 is 0. The van der Waals surface area contributed by atoms with Crippen molar-refractivity contribution < 1.29 is 9.53 Å². The Morgan fingerprint density at radius 2 is 1.82 bits per heavy atom. The molecule has 2 aromatic carbocycles. The number of rotatable bonds is 3. The van der Waals surface area contributed by atoms with Gasteiger partial charge in [0.1, 0.15) is 0 Å². The van der Waals surface area contributed by atoms with E-state index in [9.17, 15) is 4.79 Å². The first kappa shape index (κ1) is 14.1. The van der Waals surface area contributed by atoms with Gasteiger partial charge in [-0.05, 0) is 31.2 Å². The maximum atomic E-state index is 11.8. The summed E-state index contributed by atoms with van der Waals surface area (Å²) in [4.78, 5) is 11.8. The van der Waals surface area contributed by atoms with Crippen molar-refractivity contribution in [3.05, 3.63) is 71.9 Å². The largest absolute Gasteiger partial charge is 0.464 e. The average Bonchev–Trinajstić information content (AvgIpc) is 3.00. The van der Waals surface area contributed by atoms with Crippen LogP contribution in [0.3, 0.4) is 0 Å². The van der Waals surface area contributed by atoms with E-state index in [1.54, 1.807) is 10.7 Å². The zero-order chi connectivity index (χ0) is 15.5. The molecular weight excluding hydrogens is 276 g/mol. The lowest BCUT2D eigenvalue weighted by Gasteiger charge is -2.07. The van der Waals surface area contributed by atoms with Gasteiger partial charge in [0, 0.05) is 5.56 Å². The van der Waals surface area contributed by atoms with E-state index in [2.05, 4.69) is 11.2 Å². The van der Waals surface area contributed by atoms with Crippen molar-refractivity contribution in [2.45, 2.75) is 6.92 Å². The summed E-state index contributed by atoms with van der Waals surface area (Å²) in [6, 6.07) is 19.6. The van der Waals surface area contributed by atoms with Crippen molar-refractivity contribution in [3.8, 4) is 16.9 Å². The molecule has 0 atom stereocenters. The number of hydrogen-bond donors (Lipinski definition) is 0. The second-order valence-electron chi connectivity index (χ2n) is 5.02. The second kappa shape index (κ2) is 5.85. The molecule has 22 heavy (non-hydrogen) atoms. The maximum absolute atomic E-state index is 11.8. The number of hydrogen-bond acceptors (Lipinski definition) is 3. The topological polar surface area (TPSA) is 44.1 Å². The third-order valence-electron chi connectivity index (χ3n) is 3.42. The number of aromatic nitrogens is 2. The highest BCUT2D eigenvalue weighted by molar-refractivity contribution is 5.89. The Bertz CT molecular complexity index is 807. The van der Waals surface area contributed by atoms with Crippen LogP contribution in [-0.4, -0.2) is 22.9 Å². The molecule has 0 bridgehead atoms. The van der Waals surface area contributed by atoms with Crippen LogP contribution in [0.5, 0.6) is 0 Å². The minimum atomic E-state index is -0.441. The van der Waals surface area contributed by atoms with Crippen molar-refractivity contribution in [1.82, 2.24) is 9.78 Å². The fourth-order valence-electron chi connectivity index (χ4n) is 2.36. The molecule has 1 aromatic heterocycles. The van der Waals surface area contributed by atoms with Crippen LogP contribution in [0.1, 0.15) is 16.1 Å². The summed E-state index contributed by atoms with van der Waals surface area (Å²) in [5, 5.41) is 4.40. The summed E-state index contributed by atoms with van der Waals surface area (Å²) in [7, 11) is 1.36. The van der Waals surface area contributed by atoms with Crippen LogP contribution in [0.4, 0.5) is 0 Å². The normalized spacial score (nSPS) is 10.5. The van der Waals surface area contributed by atoms with Gasteiger partial charge in [-0.3, -0.25) is 0 Å². The van der Waals surface area contributed by atoms with Crippen molar-refractivity contribution >= 4 is 5.97 Å². The molecule has 0 aliphatic rings. The number of aryl methyl sites for hydroxylation is 1. The van der Waals surface area contributed by atoms with E-state index in [4.69, 9.17) is 4.74 Å². The third-order valence-corrected chi connectivity index (χ3v) is 3.42. The highest BCUT2D eigenvalue weighted by Gasteiger charge is 2.16. The molecular formula is C18H16N2O2. The molecule has 0 aliphatic carbocycles. The van der Waals surface area contributed by atoms with Gasteiger partial charge in [-0.15, -0.1) is 0 Å². The summed E-state index contributed by atoms with van der Waals surface area (Å²) in [6.07, 6.45) is 0. The smallest absolute Gasteiger partial charge is 0.358 e. The summed E-state index contributed by atoms with van der Waals surface area (Å²) < 4.78 is 6.55. The number of methoxy groups -OCH3 is 1. The van der Waals surface area contributed by atoms with E-state index in [0.29, 0.717) is 5.69 Å². The predicted molar refractivity (Wildman–Crippen MR) is 85.1 cm³/mol. The highest BCUT2D eigenvalue weighted by Crippen LogP contribution is 2.25. The second-order valence-corrected chi connectivity index (χ2v) is 5.02. The lowest BCUT2D eigenvalue weighted by molar-refractivity contribution is 0.0593. The molecule has 110 valence electrons. The van der Waals surface area contributed by atoms with Crippen LogP contribution < -0.4 is 0 Å². The van der Waals surface area contributed by atoms with Gasteiger partial charge in [0.25, 0.3) is 0 Å². The number of esters is 1. The predicted octanol–water partition coefficient (Wildman–Crippen LogP) is 3.63. The molecule has 0 aliphatic heterocycles. The number of nitrogens with zero attached hydrogens (tertiary/aromatic N) is 2. The standard InChI is InChI=1S/C18H16N2O2/c1-13-7-6-8-14(11-13)17-12-16(18(21)22-2)19-20(17)15-9-4-3-5-10-15/h3-12H,1-2H3. The molecule has 3 aromatic rings. The van der Waals surface area contributed by atoms with Crippen LogP contribution in [0.25, 0.3) is 16.9 Å². The van der Waals surface area contributed by atoms with Crippen LogP contribution in [-0.2, 0) is 4.74 Å². The number of para-hydroxylation sites is 1. The fraction of sp³-hybridized carbons (Fsp3) is 0.111. The van der Waals surface area contributed by atoms with Crippen molar-refractivity contribution in [2.75, 3.05) is 7.11 Å². The zero-order valence-electron chi connectivity index (χ0n) is 12.5. The maximum Gasteiger partial charge on any atom is 0.358 e. The third kappa shape index (κ3) is 2.63. The average molecular weight is 292 g/mol. The van der Waals surface area contributed by atoms with E-state index >= 15 is 0 Å². The highest BCUT2D eigenvalue weighted by atomic mass is 16.5. The molecule has 0 radical (unpaired) electrons. The van der Waals surface area contributed by atoms with E-state index < -0.39 is 5.97 Å².